The average molecular weight is 539 g/mol. The molecule has 0 aliphatic rings. The van der Waals surface area contributed by atoms with Gasteiger partial charge >= 0.3 is 12.2 Å². The zero-order chi connectivity index (χ0) is 25.5. The van der Waals surface area contributed by atoms with E-state index in [0.29, 0.717) is 17.4 Å². The van der Waals surface area contributed by atoms with Crippen LogP contribution < -0.4 is 5.32 Å². The number of Topliss-reactive ketones (excluding diaryl/α,β-unsaturated/α-hetero) is 1. The van der Waals surface area contributed by atoms with E-state index in [1.54, 1.807) is 53.7 Å². The molecule has 0 fully saturated rings. The number of alkyl carbamates (subject to hydrolysis) is 1. The Labute approximate surface area is 207 Å². The number of carbonyl (C=O) groups is 3. The van der Waals surface area contributed by atoms with E-state index >= 15 is 0 Å². The predicted molar refractivity (Wildman–Crippen MR) is 127 cm³/mol. The lowest BCUT2D eigenvalue weighted by atomic mass is 10.1. The number of nitrogens with one attached hydrogen (secondary N) is 1. The van der Waals surface area contributed by atoms with Gasteiger partial charge in [-0.05, 0) is 70.3 Å². The van der Waals surface area contributed by atoms with Gasteiger partial charge in [0.25, 0.3) is 5.89 Å². The third kappa shape index (κ3) is 9.12. The minimum absolute atomic E-state index is 0.0714. The molecule has 1 N–H and O–H groups in total. The minimum atomic E-state index is -0.714. The lowest BCUT2D eigenvalue weighted by Gasteiger charge is -2.24. The van der Waals surface area contributed by atoms with Crippen LogP contribution in [0.2, 0.25) is 0 Å². The fraction of sp³-hybridized carbons (Fsp3) is 0.522. The highest BCUT2D eigenvalue weighted by Crippen LogP contribution is 2.23. The number of hydrogen-bond acceptors (Lipinski definition) is 8. The van der Waals surface area contributed by atoms with Crippen molar-refractivity contribution < 1.29 is 28.3 Å². The Hall–Kier alpha value is -2.95. The van der Waals surface area contributed by atoms with E-state index in [2.05, 4.69) is 31.2 Å². The summed E-state index contributed by atoms with van der Waals surface area (Å²) in [5.74, 6) is 0.136. The predicted octanol–water partition coefficient (Wildman–Crippen LogP) is 5.59. The molecule has 1 amide bonds. The van der Waals surface area contributed by atoms with Crippen LogP contribution in [0.3, 0.4) is 0 Å². The lowest BCUT2D eigenvalue weighted by molar-refractivity contribution is 0.0473. The van der Waals surface area contributed by atoms with Crippen LogP contribution >= 0.6 is 15.9 Å². The second kappa shape index (κ2) is 11.5. The van der Waals surface area contributed by atoms with Crippen LogP contribution in [-0.4, -0.2) is 43.7 Å². The van der Waals surface area contributed by atoms with Gasteiger partial charge in [0.2, 0.25) is 5.78 Å². The SMILES string of the molecule is CC(C)(C)OC(=O)N[C@@H](C/C=C/CCC(=O)c1ncco1)c1nc(Br)cn1C(=O)OC(C)(C)C. The van der Waals surface area contributed by atoms with Crippen LogP contribution in [0.5, 0.6) is 0 Å². The Morgan fingerprint density at radius 2 is 1.82 bits per heavy atom. The van der Waals surface area contributed by atoms with Crippen molar-refractivity contribution in [1.29, 1.82) is 0 Å². The number of hydrogen-bond donors (Lipinski definition) is 1. The number of ketones is 1. The first-order valence-corrected chi connectivity index (χ1v) is 11.6. The molecular weight excluding hydrogens is 508 g/mol. The molecule has 2 rings (SSSR count). The van der Waals surface area contributed by atoms with Gasteiger partial charge in [0.15, 0.2) is 0 Å². The van der Waals surface area contributed by atoms with Gasteiger partial charge in [-0.3, -0.25) is 4.79 Å². The van der Waals surface area contributed by atoms with Crippen LogP contribution in [0.25, 0.3) is 0 Å². The molecule has 0 unspecified atom stereocenters. The van der Waals surface area contributed by atoms with E-state index in [1.165, 1.54) is 23.2 Å². The molecule has 0 saturated heterocycles. The molecular formula is C23H31BrN4O6. The summed E-state index contributed by atoms with van der Waals surface area (Å²) in [5.41, 5.74) is -1.42. The number of halogens is 1. The maximum absolute atomic E-state index is 12.7. The van der Waals surface area contributed by atoms with E-state index in [0.717, 1.165) is 0 Å². The monoisotopic (exact) mass is 538 g/mol. The fourth-order valence-electron chi connectivity index (χ4n) is 2.78. The molecule has 10 nitrogen and oxygen atoms in total. The molecule has 0 bridgehead atoms. The molecule has 0 radical (unpaired) electrons. The molecule has 2 heterocycles. The smallest absolute Gasteiger partial charge is 0.420 e. The Balaban J connectivity index is 2.17. The van der Waals surface area contributed by atoms with E-state index in [-0.39, 0.29) is 23.9 Å². The summed E-state index contributed by atoms with van der Waals surface area (Å²) in [7, 11) is 0. The number of oxazole rings is 1. The Bertz CT molecular complexity index is 1020. The number of aromatic nitrogens is 3. The standard InChI is InChI=1S/C23H31BrN4O6/c1-22(2,3)33-20(30)26-15(10-8-7-9-11-16(29)19-25-12-13-32-19)18-27-17(24)14-28(18)21(31)34-23(4,5)6/h7-8,12-15H,9-11H2,1-6H3,(H,26,30)/b8-7+/t15-/m0/s1. The van der Waals surface area contributed by atoms with Crippen molar-refractivity contribution in [3.63, 3.8) is 0 Å². The Morgan fingerprint density at radius 1 is 1.15 bits per heavy atom. The van der Waals surface area contributed by atoms with Gasteiger partial charge in [-0.15, -0.1) is 0 Å². The summed E-state index contributed by atoms with van der Waals surface area (Å²) in [6.07, 6.45) is 7.53. The molecule has 0 aromatic carbocycles. The summed E-state index contributed by atoms with van der Waals surface area (Å²) in [6.45, 7) is 10.5. The van der Waals surface area contributed by atoms with Gasteiger partial charge in [0.1, 0.15) is 27.9 Å². The van der Waals surface area contributed by atoms with Crippen molar-refractivity contribution in [2.75, 3.05) is 0 Å². The maximum atomic E-state index is 12.7. The van der Waals surface area contributed by atoms with Crippen LogP contribution in [0.4, 0.5) is 9.59 Å². The largest absolute Gasteiger partial charge is 0.444 e. The van der Waals surface area contributed by atoms with Crippen LogP contribution in [0.15, 0.2) is 39.8 Å². The normalized spacial score (nSPS) is 13.0. The van der Waals surface area contributed by atoms with Crippen molar-refractivity contribution >= 4 is 33.9 Å². The summed E-state index contributed by atoms with van der Waals surface area (Å²) in [4.78, 5) is 45.4. The zero-order valence-corrected chi connectivity index (χ0v) is 21.8. The molecule has 34 heavy (non-hydrogen) atoms. The van der Waals surface area contributed by atoms with Gasteiger partial charge in [-0.25, -0.2) is 24.1 Å². The summed E-state index contributed by atoms with van der Waals surface area (Å²) < 4.78 is 17.5. The van der Waals surface area contributed by atoms with E-state index in [4.69, 9.17) is 13.9 Å². The number of rotatable bonds is 8. The van der Waals surface area contributed by atoms with Gasteiger partial charge in [0, 0.05) is 12.6 Å². The highest BCUT2D eigenvalue weighted by molar-refractivity contribution is 9.10. The van der Waals surface area contributed by atoms with Gasteiger partial charge < -0.3 is 19.2 Å². The molecule has 0 spiro atoms. The number of imidazole rings is 1. The number of ether oxygens (including phenoxy) is 2. The molecule has 2 aromatic heterocycles. The highest BCUT2D eigenvalue weighted by Gasteiger charge is 2.27. The van der Waals surface area contributed by atoms with E-state index in [1.807, 2.05) is 0 Å². The number of carbonyl (C=O) groups excluding carboxylic acids is 3. The number of nitrogens with zero attached hydrogens (tertiary/aromatic N) is 3. The van der Waals surface area contributed by atoms with Crippen LogP contribution in [-0.2, 0) is 9.47 Å². The topological polar surface area (TPSA) is 126 Å². The van der Waals surface area contributed by atoms with Crippen molar-refractivity contribution in [2.24, 2.45) is 0 Å². The van der Waals surface area contributed by atoms with Crippen molar-refractivity contribution in [2.45, 2.75) is 78.0 Å². The zero-order valence-electron chi connectivity index (χ0n) is 20.3. The first kappa shape index (κ1) is 27.3. The molecule has 2 aromatic rings. The van der Waals surface area contributed by atoms with E-state index in [9.17, 15) is 14.4 Å². The van der Waals surface area contributed by atoms with Crippen LogP contribution in [0.1, 0.15) is 83.4 Å². The Kier molecular flexibility index (Phi) is 9.20. The second-order valence-electron chi connectivity index (χ2n) is 9.48. The molecule has 0 aliphatic heterocycles. The quantitative estimate of drug-likeness (QED) is 0.340. The third-order valence-corrected chi connectivity index (χ3v) is 4.43. The first-order valence-electron chi connectivity index (χ1n) is 10.8. The van der Waals surface area contributed by atoms with E-state index < -0.39 is 29.4 Å². The maximum Gasteiger partial charge on any atom is 0.420 e. The molecule has 0 aliphatic carbocycles. The molecule has 11 heteroatoms. The first-order chi connectivity index (χ1) is 15.7. The second-order valence-corrected chi connectivity index (χ2v) is 10.3. The summed E-state index contributed by atoms with van der Waals surface area (Å²) in [6, 6.07) is -0.702. The van der Waals surface area contributed by atoms with Crippen molar-refractivity contribution in [3.8, 4) is 0 Å². The fourth-order valence-corrected chi connectivity index (χ4v) is 3.17. The summed E-state index contributed by atoms with van der Waals surface area (Å²) in [5, 5.41) is 2.77. The van der Waals surface area contributed by atoms with Crippen molar-refractivity contribution in [1.82, 2.24) is 19.9 Å². The van der Waals surface area contributed by atoms with Gasteiger partial charge in [-0.1, -0.05) is 12.2 Å². The molecule has 0 saturated carbocycles. The highest BCUT2D eigenvalue weighted by atomic mass is 79.9. The average Bonchev–Trinajstić information content (AvgIpc) is 3.33. The number of allylic oxidation sites excluding steroid dienone is 1. The van der Waals surface area contributed by atoms with Gasteiger partial charge in [-0.2, -0.15) is 0 Å². The third-order valence-electron chi connectivity index (χ3n) is 4.04. The lowest BCUT2D eigenvalue weighted by Crippen LogP contribution is -2.37. The number of amides is 1. The Morgan fingerprint density at radius 3 is 2.41 bits per heavy atom. The van der Waals surface area contributed by atoms with Crippen molar-refractivity contribution in [3.05, 3.63) is 47.1 Å². The van der Waals surface area contributed by atoms with Crippen LogP contribution in [0, 0.1) is 0 Å². The molecule has 186 valence electrons. The molecule has 1 atom stereocenters. The minimum Gasteiger partial charge on any atom is -0.444 e. The van der Waals surface area contributed by atoms with Gasteiger partial charge in [0.05, 0.1) is 12.2 Å². The summed E-state index contributed by atoms with van der Waals surface area (Å²) >= 11 is 3.29.